The Morgan fingerprint density at radius 3 is 2.65 bits per heavy atom. The number of nitrogens with zero attached hydrogens (tertiary/aromatic N) is 5. The zero-order valence-electron chi connectivity index (χ0n) is 20.4. The third-order valence-corrected chi connectivity index (χ3v) is 6.49. The fourth-order valence-electron chi connectivity index (χ4n) is 4.73. The Morgan fingerprint density at radius 1 is 0.973 bits per heavy atom. The van der Waals surface area contributed by atoms with Gasteiger partial charge >= 0.3 is 6.01 Å². The van der Waals surface area contributed by atoms with Crippen molar-refractivity contribution in [2.45, 2.75) is 25.6 Å². The van der Waals surface area contributed by atoms with E-state index in [0.717, 1.165) is 46.9 Å². The minimum Gasteiger partial charge on any atom is -0.403 e. The number of carbonyl (C=O) groups excluding carboxylic acids is 1. The zero-order chi connectivity index (χ0) is 25.2. The smallest absolute Gasteiger partial charge is 0.317 e. The molecular weight excluding hydrogens is 468 g/mol. The third kappa shape index (κ3) is 4.73. The molecule has 1 saturated heterocycles. The lowest BCUT2D eigenvalue weighted by molar-refractivity contribution is -0.119. The van der Waals surface area contributed by atoms with Crippen LogP contribution in [0, 0.1) is 0 Å². The predicted molar refractivity (Wildman–Crippen MR) is 140 cm³/mol. The van der Waals surface area contributed by atoms with Gasteiger partial charge in [-0.25, -0.2) is 4.98 Å². The molecule has 0 aliphatic carbocycles. The molecule has 4 heterocycles. The Balaban J connectivity index is 1.31. The maximum absolute atomic E-state index is 13.2. The summed E-state index contributed by atoms with van der Waals surface area (Å²) in [5.74, 6) is 1.00. The van der Waals surface area contributed by atoms with Gasteiger partial charge in [0.15, 0.2) is 11.9 Å². The fourth-order valence-corrected chi connectivity index (χ4v) is 4.73. The summed E-state index contributed by atoms with van der Waals surface area (Å²) < 4.78 is 11.7. The van der Waals surface area contributed by atoms with Crippen LogP contribution in [0.5, 0.6) is 0 Å². The van der Waals surface area contributed by atoms with Crippen LogP contribution < -0.4 is 10.2 Å². The Bertz CT molecular complexity index is 1450. The van der Waals surface area contributed by atoms with E-state index in [1.54, 1.807) is 6.20 Å². The molecule has 1 N–H and O–H groups in total. The van der Waals surface area contributed by atoms with Gasteiger partial charge in [-0.15, -0.1) is 5.10 Å². The van der Waals surface area contributed by atoms with Crippen molar-refractivity contribution < 1.29 is 13.9 Å². The molecule has 9 nitrogen and oxygen atoms in total. The van der Waals surface area contributed by atoms with Crippen molar-refractivity contribution in [1.82, 2.24) is 15.2 Å². The number of aliphatic imine (C=N–C) groups is 1. The average Bonchev–Trinajstić information content (AvgIpc) is 3.35. The van der Waals surface area contributed by atoms with Crippen LogP contribution in [0.4, 0.5) is 11.8 Å². The number of fused-ring (bicyclic) bond motifs is 1. The highest BCUT2D eigenvalue weighted by atomic mass is 16.5. The Hall–Kier alpha value is -4.37. The second-order valence-electron chi connectivity index (χ2n) is 9.11. The first-order valence-corrected chi connectivity index (χ1v) is 12.3. The van der Waals surface area contributed by atoms with Crippen molar-refractivity contribution >= 4 is 23.3 Å². The molecule has 2 atom stereocenters. The molecule has 9 heteroatoms. The highest BCUT2D eigenvalue weighted by Crippen LogP contribution is 2.30. The van der Waals surface area contributed by atoms with Gasteiger partial charge < -0.3 is 19.4 Å². The van der Waals surface area contributed by atoms with Crippen molar-refractivity contribution in [3.05, 3.63) is 89.6 Å². The largest absolute Gasteiger partial charge is 0.403 e. The summed E-state index contributed by atoms with van der Waals surface area (Å²) in [6, 6.07) is 21.6. The Labute approximate surface area is 214 Å². The summed E-state index contributed by atoms with van der Waals surface area (Å²) in [5, 5.41) is 11.5. The number of pyridine rings is 1. The van der Waals surface area contributed by atoms with Crippen molar-refractivity contribution in [2.24, 2.45) is 4.99 Å². The van der Waals surface area contributed by atoms with Crippen molar-refractivity contribution in [1.29, 1.82) is 0 Å². The van der Waals surface area contributed by atoms with E-state index in [2.05, 4.69) is 25.4 Å². The second kappa shape index (κ2) is 9.94. The van der Waals surface area contributed by atoms with E-state index in [9.17, 15) is 4.79 Å². The molecule has 4 aromatic rings. The quantitative estimate of drug-likeness (QED) is 0.447. The van der Waals surface area contributed by atoms with Crippen LogP contribution in [0.25, 0.3) is 11.5 Å². The van der Waals surface area contributed by atoms with Gasteiger partial charge in [-0.3, -0.25) is 9.79 Å². The molecule has 1 fully saturated rings. The molecule has 6 rings (SSSR count). The molecular formula is C28H26N6O3. The van der Waals surface area contributed by atoms with Crippen LogP contribution >= 0.6 is 0 Å². The van der Waals surface area contributed by atoms with Crippen LogP contribution in [-0.4, -0.2) is 58.6 Å². The summed E-state index contributed by atoms with van der Waals surface area (Å²) in [6.07, 6.45) is 1.22. The maximum Gasteiger partial charge on any atom is 0.317 e. The number of Topliss-reactive ketones (excluding diaryl/α,β-unsaturated/α-hetero) is 1. The first-order valence-electron chi connectivity index (χ1n) is 12.3. The lowest BCUT2D eigenvalue weighted by atomic mass is 9.96. The average molecular weight is 495 g/mol. The topological polar surface area (TPSA) is 106 Å². The van der Waals surface area contributed by atoms with Gasteiger partial charge in [-0.05, 0) is 24.6 Å². The number of nitrogens with one attached hydrogen (secondary N) is 1. The number of hydrogen-bond donors (Lipinski definition) is 1. The molecule has 2 aliphatic rings. The van der Waals surface area contributed by atoms with Gasteiger partial charge in [0.25, 0.3) is 5.89 Å². The van der Waals surface area contributed by atoms with E-state index in [-0.39, 0.29) is 24.3 Å². The number of aromatic nitrogens is 3. The van der Waals surface area contributed by atoms with Crippen LogP contribution in [0.1, 0.15) is 23.6 Å². The van der Waals surface area contributed by atoms with Crippen LogP contribution in [0.2, 0.25) is 0 Å². The predicted octanol–water partition coefficient (Wildman–Crippen LogP) is 3.76. The maximum atomic E-state index is 13.2. The molecule has 0 spiro atoms. The number of rotatable bonds is 5. The van der Waals surface area contributed by atoms with Gasteiger partial charge in [-0.1, -0.05) is 59.7 Å². The van der Waals surface area contributed by atoms with E-state index in [1.807, 2.05) is 73.7 Å². The molecule has 0 radical (unpaired) electrons. The summed E-state index contributed by atoms with van der Waals surface area (Å²) >= 11 is 0. The normalized spacial score (nSPS) is 19.6. The summed E-state index contributed by atoms with van der Waals surface area (Å²) in [5.41, 5.74) is 4.28. The van der Waals surface area contributed by atoms with E-state index < -0.39 is 6.17 Å². The molecule has 2 aliphatic heterocycles. The van der Waals surface area contributed by atoms with Crippen molar-refractivity contribution in [2.75, 3.05) is 29.9 Å². The zero-order valence-corrected chi connectivity index (χ0v) is 20.4. The van der Waals surface area contributed by atoms with E-state index in [0.29, 0.717) is 12.5 Å². The van der Waals surface area contributed by atoms with Crippen LogP contribution in [0.3, 0.4) is 0 Å². The molecule has 0 saturated carbocycles. The number of hydrogen-bond acceptors (Lipinski definition) is 9. The number of morpholine rings is 1. The molecule has 1 unspecified atom stereocenters. The standard InChI is InChI=1S/C28H26N6O3/c1-18-17-34(14-15-36-18)26-22(12-7-13-29-26)27-32-33-28(37-27)31-25-23(35)16-20-10-5-6-11-21(20)24(30-25)19-8-3-2-4-9-19/h2-13,18,25H,14-17H2,1H3,(H,31,33)/t18-,25?/m0/s1. The van der Waals surface area contributed by atoms with Gasteiger partial charge in [0.05, 0.1) is 24.0 Å². The molecule has 37 heavy (non-hydrogen) atoms. The number of benzene rings is 2. The lowest BCUT2D eigenvalue weighted by Crippen LogP contribution is -2.41. The minimum atomic E-state index is -0.871. The van der Waals surface area contributed by atoms with Gasteiger partial charge in [0.1, 0.15) is 5.82 Å². The highest BCUT2D eigenvalue weighted by Gasteiger charge is 2.28. The minimum absolute atomic E-state index is 0.0810. The monoisotopic (exact) mass is 494 g/mol. The molecule has 2 aromatic carbocycles. The first-order chi connectivity index (χ1) is 18.2. The van der Waals surface area contributed by atoms with Gasteiger partial charge in [0.2, 0.25) is 0 Å². The third-order valence-electron chi connectivity index (χ3n) is 6.49. The van der Waals surface area contributed by atoms with Gasteiger partial charge in [0, 0.05) is 36.8 Å². The van der Waals surface area contributed by atoms with Gasteiger partial charge in [-0.2, -0.15) is 0 Å². The number of carbonyl (C=O) groups is 1. The van der Waals surface area contributed by atoms with E-state index in [4.69, 9.17) is 14.1 Å². The van der Waals surface area contributed by atoms with Crippen molar-refractivity contribution in [3.63, 3.8) is 0 Å². The highest BCUT2D eigenvalue weighted by molar-refractivity contribution is 6.16. The molecule has 0 bridgehead atoms. The Kier molecular flexibility index (Phi) is 6.20. The van der Waals surface area contributed by atoms with Crippen LogP contribution in [0.15, 0.2) is 82.3 Å². The van der Waals surface area contributed by atoms with E-state index >= 15 is 0 Å². The summed E-state index contributed by atoms with van der Waals surface area (Å²) in [7, 11) is 0. The lowest BCUT2D eigenvalue weighted by Gasteiger charge is -2.32. The molecule has 186 valence electrons. The first kappa shape index (κ1) is 23.1. The molecule has 0 amide bonds. The fraction of sp³-hybridized carbons (Fsp3) is 0.250. The van der Waals surface area contributed by atoms with E-state index in [1.165, 1.54) is 0 Å². The number of ketones is 1. The number of ether oxygens (including phenoxy) is 1. The second-order valence-corrected chi connectivity index (χ2v) is 9.11. The van der Waals surface area contributed by atoms with Crippen molar-refractivity contribution in [3.8, 4) is 11.5 Å². The SMILES string of the molecule is C[C@H]1CN(c2ncccc2-c2nnc(NC3N=C(c4ccccc4)c4ccccc4CC3=O)o2)CCO1. The summed E-state index contributed by atoms with van der Waals surface area (Å²) in [6.45, 7) is 4.11. The number of anilines is 2. The Morgan fingerprint density at radius 2 is 1.78 bits per heavy atom. The molecule has 2 aromatic heterocycles. The van der Waals surface area contributed by atoms with Crippen LogP contribution in [-0.2, 0) is 16.0 Å². The summed E-state index contributed by atoms with van der Waals surface area (Å²) in [4.78, 5) is 24.8.